The van der Waals surface area contributed by atoms with Crippen LogP contribution in [0, 0.1) is 0 Å². The summed E-state index contributed by atoms with van der Waals surface area (Å²) in [6.07, 6.45) is 8.64. The number of fused-ring (bicyclic) bond motifs is 16. The van der Waals surface area contributed by atoms with Gasteiger partial charge in [-0.1, -0.05) is 6.92 Å². The van der Waals surface area contributed by atoms with Crippen molar-refractivity contribution in [2.45, 2.75) is 152 Å². The Labute approximate surface area is 638 Å². The number of morpholine rings is 1. The Bertz CT molecular complexity index is 5120. The topological polar surface area (TPSA) is 178 Å². The number of ether oxygens (including phenoxy) is 1. The Morgan fingerprint density at radius 1 is 0.376 bits per heavy atom. The van der Waals surface area contributed by atoms with Crippen molar-refractivity contribution in [3.8, 4) is 0 Å². The van der Waals surface area contributed by atoms with E-state index in [4.69, 9.17) is 4.74 Å². The minimum absolute atomic E-state index is 0.0547. The quantitative estimate of drug-likeness (QED) is 0.0553. The van der Waals surface area contributed by atoms with E-state index >= 15 is 0 Å². The smallest absolute Gasteiger partial charge is 0.163 e. The lowest BCUT2D eigenvalue weighted by Crippen LogP contribution is -2.38. The summed E-state index contributed by atoms with van der Waals surface area (Å²) in [6, 6.07) is 44.2. The SMILES string of the molecule is CC(=O)c1ccc2c(c1)c1cc(C(C)=O)ccc1n2CCCN(C)C(C)C.CC(=O)c1ccc2c(c1)c1cc(C(C)=O)ccc1n2CCCN1CCCC1.CCN(C)CCCn1c2ccc(C(C)=O)cc2c2cc(C(C)=O)ccc21.O=C1CCc2c1ccc1c2c2c3c(ccc2n1CCN1CCOCC1)C(=O)CC3. The third-order valence-electron chi connectivity index (χ3n) is 23.3. The number of likely N-dealkylation sites (tertiary alicyclic amines) is 1. The Balaban J connectivity index is 0.000000128. The molecule has 4 aromatic heterocycles. The maximum Gasteiger partial charge on any atom is 0.163 e. The second-order valence-corrected chi connectivity index (χ2v) is 30.7. The summed E-state index contributed by atoms with van der Waals surface area (Å²) in [5.74, 6) is 0.849. The van der Waals surface area contributed by atoms with Crippen LogP contribution in [0.5, 0.6) is 0 Å². The first-order valence-electron chi connectivity index (χ1n) is 39.3. The molecule has 17 nitrogen and oxygen atoms in total. The Kier molecular flexibility index (Phi) is 23.8. The predicted octanol–water partition coefficient (Wildman–Crippen LogP) is 17.5. The third-order valence-corrected chi connectivity index (χ3v) is 23.3. The highest BCUT2D eigenvalue weighted by atomic mass is 16.5. The maximum absolute atomic E-state index is 12.4. The van der Waals surface area contributed by atoms with Gasteiger partial charge in [-0.05, 0) is 298 Å². The van der Waals surface area contributed by atoms with Crippen LogP contribution >= 0.6 is 0 Å². The molecule has 8 aromatic carbocycles. The maximum atomic E-state index is 12.4. The van der Waals surface area contributed by atoms with Crippen molar-refractivity contribution >= 4 is 133 Å². The van der Waals surface area contributed by atoms with Gasteiger partial charge < -0.3 is 37.7 Å². The number of aryl methyl sites for hydroxylation is 5. The molecule has 4 aliphatic rings. The number of Topliss-reactive ketones (excluding diaryl/α,β-unsaturated/α-hetero) is 8. The number of carbonyl (C=O) groups is 8. The van der Waals surface area contributed by atoms with Crippen molar-refractivity contribution in [1.29, 1.82) is 0 Å². The summed E-state index contributed by atoms with van der Waals surface area (Å²) in [6.45, 7) is 30.9. The molecule has 0 saturated carbocycles. The second kappa shape index (κ2) is 33.5. The van der Waals surface area contributed by atoms with E-state index in [9.17, 15) is 38.4 Å². The first kappa shape index (κ1) is 77.3. The number of carbonyl (C=O) groups excluding carboxylic acids is 8. The van der Waals surface area contributed by atoms with Crippen LogP contribution in [0.2, 0.25) is 0 Å². The Hall–Kier alpha value is -9.88. The van der Waals surface area contributed by atoms with Crippen LogP contribution in [0.4, 0.5) is 0 Å². The van der Waals surface area contributed by atoms with Gasteiger partial charge in [-0.25, -0.2) is 0 Å². The van der Waals surface area contributed by atoms with Gasteiger partial charge in [-0.3, -0.25) is 43.3 Å². The van der Waals surface area contributed by atoms with Crippen molar-refractivity contribution in [2.75, 3.05) is 86.2 Å². The molecule has 2 aliphatic carbocycles. The zero-order valence-corrected chi connectivity index (χ0v) is 65.5. The fourth-order valence-corrected chi connectivity index (χ4v) is 16.7. The molecule has 0 bridgehead atoms. The number of ketones is 8. The van der Waals surface area contributed by atoms with E-state index in [1.807, 2.05) is 109 Å². The van der Waals surface area contributed by atoms with Crippen LogP contribution in [0.15, 0.2) is 133 Å². The summed E-state index contributed by atoms with van der Waals surface area (Å²) in [5.41, 5.74) is 17.5. The lowest BCUT2D eigenvalue weighted by molar-refractivity contribution is 0.0366. The summed E-state index contributed by atoms with van der Waals surface area (Å²) < 4.78 is 14.9. The number of aromatic nitrogens is 4. The second-order valence-electron chi connectivity index (χ2n) is 30.7. The Morgan fingerprint density at radius 3 is 1.02 bits per heavy atom. The number of hydrogen-bond donors (Lipinski definition) is 0. The summed E-state index contributed by atoms with van der Waals surface area (Å²) >= 11 is 0. The summed E-state index contributed by atoms with van der Waals surface area (Å²) in [4.78, 5) is 105. The van der Waals surface area contributed by atoms with Gasteiger partial charge in [0.05, 0.1) is 13.2 Å². The van der Waals surface area contributed by atoms with Crippen LogP contribution in [-0.2, 0) is 43.8 Å². The lowest BCUT2D eigenvalue weighted by atomic mass is 9.98. The largest absolute Gasteiger partial charge is 0.379 e. The van der Waals surface area contributed by atoms with Crippen LogP contribution in [-0.4, -0.2) is 176 Å². The number of nitrogens with zero attached hydrogens (tertiary/aromatic N) is 8. The van der Waals surface area contributed by atoms with Crippen LogP contribution in [0.1, 0.15) is 201 Å². The van der Waals surface area contributed by atoms with Crippen LogP contribution in [0.3, 0.4) is 0 Å². The molecule has 12 aromatic rings. The number of benzene rings is 8. The molecular formula is C92H104N8O9. The van der Waals surface area contributed by atoms with E-state index in [0.29, 0.717) is 52.3 Å². The molecule has 17 heteroatoms. The van der Waals surface area contributed by atoms with E-state index in [-0.39, 0.29) is 46.3 Å². The van der Waals surface area contributed by atoms with Gasteiger partial charge in [-0.15, -0.1) is 0 Å². The first-order valence-corrected chi connectivity index (χ1v) is 39.3. The average molecular weight is 1470 g/mol. The van der Waals surface area contributed by atoms with E-state index in [2.05, 4.69) is 97.0 Å². The summed E-state index contributed by atoms with van der Waals surface area (Å²) in [5, 5.41) is 8.72. The molecular weight excluding hydrogens is 1360 g/mol. The van der Waals surface area contributed by atoms with Crippen molar-refractivity contribution in [1.82, 2.24) is 37.9 Å². The van der Waals surface area contributed by atoms with Gasteiger partial charge in [0.15, 0.2) is 46.3 Å². The highest BCUT2D eigenvalue weighted by Crippen LogP contribution is 2.43. The molecule has 2 fully saturated rings. The normalized spacial score (nSPS) is 14.6. The van der Waals surface area contributed by atoms with E-state index in [1.165, 1.54) is 58.9 Å². The van der Waals surface area contributed by atoms with Gasteiger partial charge in [0, 0.05) is 196 Å². The highest BCUT2D eigenvalue weighted by molar-refractivity contribution is 6.20. The van der Waals surface area contributed by atoms with Crippen molar-refractivity contribution in [3.05, 3.63) is 189 Å². The van der Waals surface area contributed by atoms with Gasteiger partial charge in [0.2, 0.25) is 0 Å². The third kappa shape index (κ3) is 16.3. The van der Waals surface area contributed by atoms with Gasteiger partial charge in [-0.2, -0.15) is 0 Å². The first-order chi connectivity index (χ1) is 52.5. The molecule has 0 radical (unpaired) electrons. The molecule has 109 heavy (non-hydrogen) atoms. The standard InChI is InChI=1S/C24H24N2O3.C23H26N2O2.C23H28N2O2.C22H26N2O2/c27-21-7-3-17-15(21)1-5-19-23(17)24-18-4-8-22(28)16(18)2-6-20(24)26(19)10-9-25-11-13-29-14-12-25;1-16(26)18-6-8-22-20(14-18)21-15-19(17(2)27)7-9-23(21)25(22)13-5-12-24-10-3-4-11-24;1-15(2)24(5)11-6-12-25-22-9-7-18(16(3)26)13-20(22)21-14-19(17(4)27)8-10-23(21)25;1-5-23(4)11-6-12-24-21-9-7-17(15(2)25)13-19(21)20-14-18(16(3)26)8-10-22(20)24/h1-2,5-6H,3-4,7-14H2;6-9,14-15H,3-5,10-13H2,1-2H3;7-10,13-15H,6,11-12H2,1-5H3;7-10,13-14H,5-6,11-12H2,1-4H3. The molecule has 6 heterocycles. The predicted molar refractivity (Wildman–Crippen MR) is 441 cm³/mol. The fraction of sp³-hybridized carbons (Fsp3) is 0.391. The number of rotatable bonds is 23. The highest BCUT2D eigenvalue weighted by Gasteiger charge is 2.30. The minimum atomic E-state index is 0.0547. The van der Waals surface area contributed by atoms with Gasteiger partial charge >= 0.3 is 0 Å². The van der Waals surface area contributed by atoms with E-state index < -0.39 is 0 Å². The van der Waals surface area contributed by atoms with E-state index in [1.54, 1.807) is 41.5 Å². The molecule has 0 amide bonds. The van der Waals surface area contributed by atoms with Gasteiger partial charge in [0.1, 0.15) is 0 Å². The molecule has 2 aliphatic heterocycles. The van der Waals surface area contributed by atoms with Crippen molar-refractivity contribution < 1.29 is 43.1 Å². The van der Waals surface area contributed by atoms with Gasteiger partial charge in [0.25, 0.3) is 0 Å². The fourth-order valence-electron chi connectivity index (χ4n) is 16.7. The van der Waals surface area contributed by atoms with Crippen LogP contribution < -0.4 is 0 Å². The van der Waals surface area contributed by atoms with E-state index in [0.717, 1.165) is 194 Å². The van der Waals surface area contributed by atoms with Crippen LogP contribution in [0.25, 0.3) is 87.2 Å². The molecule has 0 atom stereocenters. The lowest BCUT2D eigenvalue weighted by Gasteiger charge is -2.27. The zero-order chi connectivity index (χ0) is 77.1. The molecule has 2 saturated heterocycles. The molecule has 0 N–H and O–H groups in total. The average Bonchev–Trinajstić information content (AvgIpc) is 1.56. The molecule has 0 unspecified atom stereocenters. The molecule has 566 valence electrons. The molecule has 0 spiro atoms. The number of hydrogen-bond acceptors (Lipinski definition) is 13. The van der Waals surface area contributed by atoms with Crippen molar-refractivity contribution in [3.63, 3.8) is 0 Å². The molecule has 16 rings (SSSR count). The minimum Gasteiger partial charge on any atom is -0.379 e. The summed E-state index contributed by atoms with van der Waals surface area (Å²) in [7, 11) is 4.28. The monoisotopic (exact) mass is 1460 g/mol. The zero-order valence-electron chi connectivity index (χ0n) is 65.5. The Morgan fingerprint density at radius 2 is 0.688 bits per heavy atom. The van der Waals surface area contributed by atoms with Crippen molar-refractivity contribution in [2.24, 2.45) is 0 Å².